The lowest BCUT2D eigenvalue weighted by atomic mass is 10.1. The number of halogens is 1. The average molecular weight is 291 g/mol. The van der Waals surface area contributed by atoms with Crippen molar-refractivity contribution in [1.82, 2.24) is 4.98 Å². The molecule has 0 aliphatic heterocycles. The molecule has 1 amide bonds. The van der Waals surface area contributed by atoms with E-state index in [1.165, 1.54) is 0 Å². The van der Waals surface area contributed by atoms with Crippen LogP contribution in [-0.2, 0) is 11.2 Å². The molecule has 1 aromatic heterocycles. The highest BCUT2D eigenvalue weighted by atomic mass is 35.5. The maximum absolute atomic E-state index is 12.0. The highest BCUT2D eigenvalue weighted by Crippen LogP contribution is 2.16. The lowest BCUT2D eigenvalue weighted by molar-refractivity contribution is -0.115. The molecular formula is C15H15ClN2O2. The quantitative estimate of drug-likeness (QED) is 0.880. The molecule has 0 aliphatic carbocycles. The van der Waals surface area contributed by atoms with Crippen LogP contribution in [-0.4, -0.2) is 18.0 Å². The molecule has 1 N–H and O–H groups in total. The van der Waals surface area contributed by atoms with E-state index in [1.54, 1.807) is 26.2 Å². The van der Waals surface area contributed by atoms with E-state index in [0.29, 0.717) is 23.0 Å². The number of benzene rings is 1. The maximum atomic E-state index is 12.0. The van der Waals surface area contributed by atoms with Gasteiger partial charge in [0.2, 0.25) is 5.91 Å². The van der Waals surface area contributed by atoms with E-state index < -0.39 is 0 Å². The third-order valence-corrected chi connectivity index (χ3v) is 3.06. The number of aryl methyl sites for hydroxylation is 1. The second-order valence-electron chi connectivity index (χ2n) is 4.34. The van der Waals surface area contributed by atoms with Crippen molar-refractivity contribution in [3.8, 4) is 5.75 Å². The van der Waals surface area contributed by atoms with Crippen molar-refractivity contribution in [2.75, 3.05) is 12.4 Å². The Kier molecular flexibility index (Phi) is 4.58. The summed E-state index contributed by atoms with van der Waals surface area (Å²) in [6, 6.07) is 10.8. The Morgan fingerprint density at radius 2 is 1.95 bits per heavy atom. The van der Waals surface area contributed by atoms with Crippen LogP contribution in [0.15, 0.2) is 36.4 Å². The topological polar surface area (TPSA) is 51.2 Å². The van der Waals surface area contributed by atoms with Crippen molar-refractivity contribution in [3.05, 3.63) is 52.8 Å². The minimum atomic E-state index is -0.0950. The first-order valence-electron chi connectivity index (χ1n) is 6.14. The SMILES string of the molecule is COc1ccc(CC(=O)Nc2ccc(Cl)nc2C)cc1. The molecule has 0 saturated carbocycles. The Hall–Kier alpha value is -2.07. The van der Waals surface area contributed by atoms with Crippen molar-refractivity contribution in [3.63, 3.8) is 0 Å². The smallest absolute Gasteiger partial charge is 0.228 e. The van der Waals surface area contributed by atoms with Gasteiger partial charge >= 0.3 is 0 Å². The molecule has 4 nitrogen and oxygen atoms in total. The number of hydrogen-bond donors (Lipinski definition) is 1. The van der Waals surface area contributed by atoms with E-state index in [1.807, 2.05) is 24.3 Å². The number of hydrogen-bond acceptors (Lipinski definition) is 3. The predicted octanol–water partition coefficient (Wildman–Crippen LogP) is 3.23. The second kappa shape index (κ2) is 6.39. The lowest BCUT2D eigenvalue weighted by Gasteiger charge is -2.08. The molecule has 0 bridgehead atoms. The number of aromatic nitrogens is 1. The van der Waals surface area contributed by atoms with Gasteiger partial charge < -0.3 is 10.1 Å². The molecule has 2 rings (SSSR count). The molecule has 104 valence electrons. The van der Waals surface area contributed by atoms with Crippen molar-refractivity contribution in [2.24, 2.45) is 0 Å². The van der Waals surface area contributed by atoms with E-state index in [-0.39, 0.29) is 5.91 Å². The van der Waals surface area contributed by atoms with Crippen molar-refractivity contribution in [2.45, 2.75) is 13.3 Å². The molecule has 0 unspecified atom stereocenters. The summed E-state index contributed by atoms with van der Waals surface area (Å²) in [6.45, 7) is 1.80. The molecule has 0 saturated heterocycles. The fraction of sp³-hybridized carbons (Fsp3) is 0.200. The summed E-state index contributed by atoms with van der Waals surface area (Å²) in [5.74, 6) is 0.675. The van der Waals surface area contributed by atoms with Gasteiger partial charge in [0.05, 0.1) is 24.9 Å². The zero-order chi connectivity index (χ0) is 14.5. The summed E-state index contributed by atoms with van der Waals surface area (Å²) in [7, 11) is 1.61. The Morgan fingerprint density at radius 3 is 2.55 bits per heavy atom. The third-order valence-electron chi connectivity index (χ3n) is 2.85. The van der Waals surface area contributed by atoms with Crippen LogP contribution in [0.5, 0.6) is 5.75 Å². The highest BCUT2D eigenvalue weighted by Gasteiger charge is 2.07. The Morgan fingerprint density at radius 1 is 1.25 bits per heavy atom. The summed E-state index contributed by atoms with van der Waals surface area (Å²) in [6.07, 6.45) is 0.298. The molecule has 5 heteroatoms. The fourth-order valence-electron chi connectivity index (χ4n) is 1.79. The number of methoxy groups -OCH3 is 1. The largest absolute Gasteiger partial charge is 0.497 e. The van der Waals surface area contributed by atoms with Crippen molar-refractivity contribution in [1.29, 1.82) is 0 Å². The molecule has 1 aromatic carbocycles. The minimum Gasteiger partial charge on any atom is -0.497 e. The van der Waals surface area contributed by atoms with Gasteiger partial charge in [0.15, 0.2) is 0 Å². The Labute approximate surface area is 122 Å². The lowest BCUT2D eigenvalue weighted by Crippen LogP contribution is -2.15. The van der Waals surface area contributed by atoms with Crippen LogP contribution >= 0.6 is 11.6 Å². The predicted molar refractivity (Wildman–Crippen MR) is 79.3 cm³/mol. The van der Waals surface area contributed by atoms with E-state index in [4.69, 9.17) is 16.3 Å². The molecule has 2 aromatic rings. The number of rotatable bonds is 4. The van der Waals surface area contributed by atoms with Gasteiger partial charge in [0.25, 0.3) is 0 Å². The van der Waals surface area contributed by atoms with Crippen LogP contribution in [0.3, 0.4) is 0 Å². The Balaban J connectivity index is 2.01. The van der Waals surface area contributed by atoms with E-state index >= 15 is 0 Å². The first-order valence-corrected chi connectivity index (χ1v) is 6.52. The molecule has 0 spiro atoms. The number of anilines is 1. The van der Waals surface area contributed by atoms with Gasteiger partial charge in [0, 0.05) is 0 Å². The number of nitrogens with zero attached hydrogens (tertiary/aromatic N) is 1. The first-order chi connectivity index (χ1) is 9.58. The van der Waals surface area contributed by atoms with Crippen molar-refractivity contribution >= 4 is 23.2 Å². The average Bonchev–Trinajstić information content (AvgIpc) is 2.43. The molecule has 0 fully saturated rings. The highest BCUT2D eigenvalue weighted by molar-refractivity contribution is 6.29. The number of nitrogens with one attached hydrogen (secondary N) is 1. The van der Waals surface area contributed by atoms with Gasteiger partial charge in [-0.1, -0.05) is 23.7 Å². The minimum absolute atomic E-state index is 0.0950. The van der Waals surface area contributed by atoms with Crippen molar-refractivity contribution < 1.29 is 9.53 Å². The van der Waals surface area contributed by atoms with Gasteiger partial charge in [-0.3, -0.25) is 4.79 Å². The van der Waals surface area contributed by atoms with Gasteiger partial charge in [-0.05, 0) is 36.8 Å². The summed E-state index contributed by atoms with van der Waals surface area (Å²) >= 11 is 5.78. The molecular weight excluding hydrogens is 276 g/mol. The molecule has 0 atom stereocenters. The molecule has 0 radical (unpaired) electrons. The number of pyridine rings is 1. The van der Waals surface area contributed by atoms with Crippen LogP contribution < -0.4 is 10.1 Å². The van der Waals surface area contributed by atoms with Crippen LogP contribution in [0, 0.1) is 6.92 Å². The number of carbonyl (C=O) groups excluding carboxylic acids is 1. The van der Waals surface area contributed by atoms with Gasteiger partial charge in [-0.25, -0.2) is 4.98 Å². The molecule has 1 heterocycles. The van der Waals surface area contributed by atoms with Crippen LogP contribution in [0.4, 0.5) is 5.69 Å². The zero-order valence-electron chi connectivity index (χ0n) is 11.3. The standard InChI is InChI=1S/C15H15ClN2O2/c1-10-13(7-8-14(16)17-10)18-15(19)9-11-3-5-12(20-2)6-4-11/h3-8H,9H2,1-2H3,(H,18,19). The van der Waals surface area contributed by atoms with E-state index in [0.717, 1.165) is 11.3 Å². The van der Waals surface area contributed by atoms with Gasteiger partial charge in [0.1, 0.15) is 10.9 Å². The summed E-state index contributed by atoms with van der Waals surface area (Å²) in [4.78, 5) is 16.1. The first kappa shape index (κ1) is 14.3. The molecule has 0 aliphatic rings. The number of ether oxygens (including phenoxy) is 1. The van der Waals surface area contributed by atoms with Gasteiger partial charge in [-0.2, -0.15) is 0 Å². The van der Waals surface area contributed by atoms with Crippen LogP contribution in [0.25, 0.3) is 0 Å². The second-order valence-corrected chi connectivity index (χ2v) is 4.73. The number of carbonyl (C=O) groups is 1. The summed E-state index contributed by atoms with van der Waals surface area (Å²) in [5.41, 5.74) is 2.29. The van der Waals surface area contributed by atoms with Crippen LogP contribution in [0.1, 0.15) is 11.3 Å². The Bertz CT molecular complexity index is 612. The normalized spacial score (nSPS) is 10.2. The van der Waals surface area contributed by atoms with Gasteiger partial charge in [-0.15, -0.1) is 0 Å². The fourth-order valence-corrected chi connectivity index (χ4v) is 1.98. The van der Waals surface area contributed by atoms with E-state index in [9.17, 15) is 4.79 Å². The van der Waals surface area contributed by atoms with E-state index in [2.05, 4.69) is 10.3 Å². The number of amides is 1. The molecule has 20 heavy (non-hydrogen) atoms. The summed E-state index contributed by atoms with van der Waals surface area (Å²) < 4.78 is 5.08. The third kappa shape index (κ3) is 3.71. The monoisotopic (exact) mass is 290 g/mol. The van der Waals surface area contributed by atoms with Crippen LogP contribution in [0.2, 0.25) is 5.15 Å². The summed E-state index contributed by atoms with van der Waals surface area (Å²) in [5, 5.41) is 3.24. The maximum Gasteiger partial charge on any atom is 0.228 e. The zero-order valence-corrected chi connectivity index (χ0v) is 12.1.